The van der Waals surface area contributed by atoms with Gasteiger partial charge >= 0.3 is 0 Å². The molecule has 8 nitrogen and oxygen atoms in total. The van der Waals surface area contributed by atoms with E-state index in [1.807, 2.05) is 43.3 Å². The summed E-state index contributed by atoms with van der Waals surface area (Å²) >= 11 is 12.8. The Kier molecular flexibility index (Phi) is 11.7. The van der Waals surface area contributed by atoms with E-state index >= 15 is 0 Å². The van der Waals surface area contributed by atoms with Gasteiger partial charge in [-0.3, -0.25) is 13.9 Å². The van der Waals surface area contributed by atoms with E-state index in [2.05, 4.69) is 5.32 Å². The van der Waals surface area contributed by atoms with Gasteiger partial charge in [-0.2, -0.15) is 0 Å². The van der Waals surface area contributed by atoms with Gasteiger partial charge in [-0.25, -0.2) is 8.42 Å². The van der Waals surface area contributed by atoms with Crippen molar-refractivity contribution in [2.24, 2.45) is 0 Å². The van der Waals surface area contributed by atoms with Gasteiger partial charge in [0, 0.05) is 24.0 Å². The molecule has 1 fully saturated rings. The van der Waals surface area contributed by atoms with Crippen molar-refractivity contribution >= 4 is 50.7 Å². The fourth-order valence-electron chi connectivity index (χ4n) is 5.93. The number of nitrogens with one attached hydrogen (secondary N) is 1. The number of hydrogen-bond acceptors (Lipinski definition) is 5. The average Bonchev–Trinajstić information content (AvgIpc) is 3.58. The standard InChI is InChI=1S/C37H39Cl2N3O5S/c1-26-15-18-32(19-16-26)48(45,46)42(31-17-20-35(47-2)33(39)23-31)25-36(43)41(24-28-11-8-12-29(38)21-28)34(22-27-9-4-3-5-10-27)37(44)40-30-13-6-7-14-30/h3-5,8-12,15-21,23,30,34H,6-7,13-14,22,24-25H2,1-2H3,(H,40,44)/t34-/m0/s1. The Balaban J connectivity index is 1.58. The summed E-state index contributed by atoms with van der Waals surface area (Å²) in [5, 5.41) is 3.84. The van der Waals surface area contributed by atoms with Gasteiger partial charge in [0.15, 0.2) is 0 Å². The number of amides is 2. The Bertz CT molecular complexity index is 1830. The molecule has 1 aliphatic carbocycles. The third-order valence-corrected chi connectivity index (χ3v) is 10.8. The molecule has 1 atom stereocenters. The minimum atomic E-state index is -4.27. The third kappa shape index (κ3) is 8.69. The van der Waals surface area contributed by atoms with Crippen molar-refractivity contribution in [2.45, 2.75) is 62.6 Å². The van der Waals surface area contributed by atoms with E-state index in [4.69, 9.17) is 27.9 Å². The fraction of sp³-hybridized carbons (Fsp3) is 0.297. The van der Waals surface area contributed by atoms with Crippen LogP contribution in [0.3, 0.4) is 0 Å². The normalized spacial score (nSPS) is 13.9. The maximum absolute atomic E-state index is 14.7. The van der Waals surface area contributed by atoms with E-state index < -0.39 is 28.5 Å². The largest absolute Gasteiger partial charge is 0.495 e. The van der Waals surface area contributed by atoms with E-state index in [0.29, 0.717) is 16.3 Å². The van der Waals surface area contributed by atoms with Crippen LogP contribution in [-0.2, 0) is 32.6 Å². The molecule has 0 saturated heterocycles. The van der Waals surface area contributed by atoms with E-state index in [-0.39, 0.29) is 40.5 Å². The van der Waals surface area contributed by atoms with Gasteiger partial charge in [-0.15, -0.1) is 0 Å². The second kappa shape index (κ2) is 15.9. The lowest BCUT2D eigenvalue weighted by Gasteiger charge is -2.34. The van der Waals surface area contributed by atoms with Crippen LogP contribution in [0.25, 0.3) is 0 Å². The van der Waals surface area contributed by atoms with Gasteiger partial charge < -0.3 is 15.0 Å². The van der Waals surface area contributed by atoms with Crippen LogP contribution in [0.15, 0.2) is 102 Å². The number of halogens is 2. The van der Waals surface area contributed by atoms with Crippen LogP contribution < -0.4 is 14.4 Å². The van der Waals surface area contributed by atoms with Crippen LogP contribution in [0.2, 0.25) is 10.0 Å². The van der Waals surface area contributed by atoms with Gasteiger partial charge in [0.25, 0.3) is 10.0 Å². The summed E-state index contributed by atoms with van der Waals surface area (Å²) in [7, 11) is -2.81. The van der Waals surface area contributed by atoms with Crippen LogP contribution in [0.4, 0.5) is 5.69 Å². The highest BCUT2D eigenvalue weighted by Gasteiger charge is 2.35. The lowest BCUT2D eigenvalue weighted by molar-refractivity contribution is -0.140. The molecule has 11 heteroatoms. The van der Waals surface area contributed by atoms with Crippen molar-refractivity contribution in [3.05, 3.63) is 124 Å². The van der Waals surface area contributed by atoms with Gasteiger partial charge in [0.1, 0.15) is 18.3 Å². The molecule has 0 aliphatic heterocycles. The molecule has 48 heavy (non-hydrogen) atoms. The Hall–Kier alpha value is -4.05. The van der Waals surface area contributed by atoms with Crippen LogP contribution in [-0.4, -0.2) is 50.9 Å². The van der Waals surface area contributed by atoms with Gasteiger partial charge in [-0.05, 0) is 73.4 Å². The first-order valence-corrected chi connectivity index (χ1v) is 18.1. The smallest absolute Gasteiger partial charge is 0.264 e. The summed E-state index contributed by atoms with van der Waals surface area (Å²) in [5.41, 5.74) is 2.61. The molecule has 0 heterocycles. The van der Waals surface area contributed by atoms with Crippen LogP contribution >= 0.6 is 23.2 Å². The van der Waals surface area contributed by atoms with Gasteiger partial charge in [0.2, 0.25) is 11.8 Å². The molecule has 1 saturated carbocycles. The molecule has 0 spiro atoms. The van der Waals surface area contributed by atoms with Crippen molar-refractivity contribution < 1.29 is 22.7 Å². The number of rotatable bonds is 13. The lowest BCUT2D eigenvalue weighted by atomic mass is 10.0. The highest BCUT2D eigenvalue weighted by molar-refractivity contribution is 7.92. The molecular weight excluding hydrogens is 669 g/mol. The Morgan fingerprint density at radius 1 is 0.896 bits per heavy atom. The minimum Gasteiger partial charge on any atom is -0.495 e. The van der Waals surface area contributed by atoms with E-state index in [0.717, 1.165) is 41.1 Å². The quantitative estimate of drug-likeness (QED) is 0.159. The summed E-state index contributed by atoms with van der Waals surface area (Å²) in [6, 6.07) is 26.6. The second-order valence-electron chi connectivity index (χ2n) is 12.0. The number of sulfonamides is 1. The Labute approximate surface area is 292 Å². The number of anilines is 1. The molecule has 0 bridgehead atoms. The van der Waals surface area contributed by atoms with Crippen molar-refractivity contribution in [3.8, 4) is 5.75 Å². The van der Waals surface area contributed by atoms with Crippen molar-refractivity contribution in [2.75, 3.05) is 18.0 Å². The number of methoxy groups -OCH3 is 1. The van der Waals surface area contributed by atoms with Crippen LogP contribution in [0.1, 0.15) is 42.4 Å². The zero-order chi connectivity index (χ0) is 34.3. The molecule has 252 valence electrons. The number of benzene rings is 4. The van der Waals surface area contributed by atoms with Crippen molar-refractivity contribution in [1.82, 2.24) is 10.2 Å². The van der Waals surface area contributed by atoms with Gasteiger partial charge in [0.05, 0.1) is 22.7 Å². The predicted molar refractivity (Wildman–Crippen MR) is 190 cm³/mol. The third-order valence-electron chi connectivity index (χ3n) is 8.53. The topological polar surface area (TPSA) is 96.0 Å². The Morgan fingerprint density at radius 3 is 2.23 bits per heavy atom. The minimum absolute atomic E-state index is 0.00837. The average molecular weight is 709 g/mol. The lowest BCUT2D eigenvalue weighted by Crippen LogP contribution is -2.54. The number of carbonyl (C=O) groups excluding carboxylic acids is 2. The summed E-state index contributed by atoms with van der Waals surface area (Å²) < 4.78 is 34.9. The molecular formula is C37H39Cl2N3O5S. The molecule has 0 unspecified atom stereocenters. The highest BCUT2D eigenvalue weighted by Crippen LogP contribution is 2.32. The molecule has 0 radical (unpaired) electrons. The number of nitrogens with zero attached hydrogens (tertiary/aromatic N) is 2. The highest BCUT2D eigenvalue weighted by atomic mass is 35.5. The first kappa shape index (κ1) is 35.3. The van der Waals surface area contributed by atoms with Crippen LogP contribution in [0.5, 0.6) is 5.75 Å². The number of hydrogen-bond donors (Lipinski definition) is 1. The number of carbonyl (C=O) groups is 2. The van der Waals surface area contributed by atoms with E-state index in [1.54, 1.807) is 42.5 Å². The summed E-state index contributed by atoms with van der Waals surface area (Å²) in [6.45, 7) is 1.29. The summed E-state index contributed by atoms with van der Waals surface area (Å²) in [5.74, 6) is -0.504. The molecule has 4 aromatic carbocycles. The Morgan fingerprint density at radius 2 is 1.58 bits per heavy atom. The zero-order valence-electron chi connectivity index (χ0n) is 26.9. The monoisotopic (exact) mass is 707 g/mol. The van der Waals surface area contributed by atoms with E-state index in [1.165, 1.54) is 30.2 Å². The SMILES string of the molecule is COc1ccc(N(CC(=O)N(Cc2cccc(Cl)c2)[C@@H](Cc2ccccc2)C(=O)NC2CCCC2)S(=O)(=O)c2ccc(C)cc2)cc1Cl. The fourth-order valence-corrected chi connectivity index (χ4v) is 7.80. The second-order valence-corrected chi connectivity index (χ2v) is 14.7. The van der Waals surface area contributed by atoms with Gasteiger partial charge in [-0.1, -0.05) is 96.2 Å². The predicted octanol–water partition coefficient (Wildman–Crippen LogP) is 7.20. The summed E-state index contributed by atoms with van der Waals surface area (Å²) in [4.78, 5) is 30.3. The molecule has 5 rings (SSSR count). The molecule has 2 amide bonds. The first-order valence-electron chi connectivity index (χ1n) is 15.9. The van der Waals surface area contributed by atoms with Crippen molar-refractivity contribution in [3.63, 3.8) is 0 Å². The zero-order valence-corrected chi connectivity index (χ0v) is 29.3. The summed E-state index contributed by atoms with van der Waals surface area (Å²) in [6.07, 6.45) is 4.01. The van der Waals surface area contributed by atoms with Crippen molar-refractivity contribution in [1.29, 1.82) is 0 Å². The molecule has 1 aliphatic rings. The van der Waals surface area contributed by atoms with Crippen LogP contribution in [0, 0.1) is 6.92 Å². The molecule has 1 N–H and O–H groups in total. The van der Waals surface area contributed by atoms with E-state index in [9.17, 15) is 18.0 Å². The molecule has 4 aromatic rings. The maximum Gasteiger partial charge on any atom is 0.264 e. The maximum atomic E-state index is 14.7. The number of aryl methyl sites for hydroxylation is 1. The first-order chi connectivity index (χ1) is 23.0. The number of ether oxygens (including phenoxy) is 1. The molecule has 0 aromatic heterocycles.